The van der Waals surface area contributed by atoms with Crippen molar-refractivity contribution in [2.45, 2.75) is 31.3 Å². The van der Waals surface area contributed by atoms with E-state index < -0.39 is 0 Å². The molecule has 1 fully saturated rings. The Kier molecular flexibility index (Phi) is 6.85. The van der Waals surface area contributed by atoms with Crippen molar-refractivity contribution in [3.05, 3.63) is 90.0 Å². The second kappa shape index (κ2) is 10.1. The van der Waals surface area contributed by atoms with Crippen LogP contribution in [0.3, 0.4) is 0 Å². The van der Waals surface area contributed by atoms with Crippen molar-refractivity contribution >= 4 is 5.69 Å². The van der Waals surface area contributed by atoms with Crippen LogP contribution in [0.5, 0.6) is 11.5 Å². The predicted molar refractivity (Wildman–Crippen MR) is 120 cm³/mol. The van der Waals surface area contributed by atoms with E-state index in [1.54, 1.807) is 0 Å². The molecular weight excluding hydrogens is 374 g/mol. The first kappa shape index (κ1) is 20.3. The first-order valence-corrected chi connectivity index (χ1v) is 10.5. The van der Waals surface area contributed by atoms with Crippen LogP contribution in [0, 0.1) is 0 Å². The molecule has 1 saturated heterocycles. The van der Waals surface area contributed by atoms with E-state index in [9.17, 15) is 0 Å². The summed E-state index contributed by atoms with van der Waals surface area (Å²) in [6.45, 7) is 1.27. The summed E-state index contributed by atoms with van der Waals surface area (Å²) in [6, 6.07) is 26.9. The van der Waals surface area contributed by atoms with E-state index in [1.165, 1.54) is 11.1 Å². The summed E-state index contributed by atoms with van der Waals surface area (Å²) in [4.78, 5) is 0. The number of hydrazine groups is 1. The van der Waals surface area contributed by atoms with Gasteiger partial charge in [0.2, 0.25) is 0 Å². The second-order valence-corrected chi connectivity index (χ2v) is 7.63. The summed E-state index contributed by atoms with van der Waals surface area (Å²) in [5.74, 6) is 1.65. The van der Waals surface area contributed by atoms with E-state index >= 15 is 0 Å². The van der Waals surface area contributed by atoms with Gasteiger partial charge in [-0.05, 0) is 54.7 Å². The Balaban J connectivity index is 1.24. The van der Waals surface area contributed by atoms with Gasteiger partial charge in [0.15, 0.2) is 0 Å². The molecule has 0 radical (unpaired) electrons. The number of nitrogen functional groups attached to an aromatic ring is 1. The first-order chi connectivity index (χ1) is 14.8. The molecule has 0 saturated carbocycles. The molecule has 3 aromatic carbocycles. The number of nitrogens with two attached hydrogens (primary N) is 1. The monoisotopic (exact) mass is 403 g/mol. The van der Waals surface area contributed by atoms with Crippen molar-refractivity contribution in [2.75, 3.05) is 18.9 Å². The Morgan fingerprint density at radius 3 is 2.57 bits per heavy atom. The maximum atomic E-state index is 5.99. The number of para-hydroxylation sites is 2. The fourth-order valence-electron chi connectivity index (χ4n) is 3.68. The van der Waals surface area contributed by atoms with E-state index in [0.717, 1.165) is 30.8 Å². The lowest BCUT2D eigenvalue weighted by Crippen LogP contribution is -2.34. The lowest BCUT2D eigenvalue weighted by Gasteiger charge is -2.13. The number of ether oxygens (including phenoxy) is 2. The highest BCUT2D eigenvalue weighted by Crippen LogP contribution is 2.27. The molecule has 5 heteroatoms. The molecule has 0 aromatic heterocycles. The molecule has 1 aliphatic heterocycles. The highest BCUT2D eigenvalue weighted by molar-refractivity contribution is 5.51. The summed E-state index contributed by atoms with van der Waals surface area (Å²) in [6.07, 6.45) is 2.96. The maximum absolute atomic E-state index is 5.99. The number of rotatable bonds is 9. The highest BCUT2D eigenvalue weighted by Gasteiger charge is 2.25. The third kappa shape index (κ3) is 5.53. The lowest BCUT2D eigenvalue weighted by atomic mass is 10.0. The van der Waals surface area contributed by atoms with Crippen LogP contribution in [0.25, 0.3) is 0 Å². The van der Waals surface area contributed by atoms with Crippen LogP contribution in [0.4, 0.5) is 5.69 Å². The zero-order valence-corrected chi connectivity index (χ0v) is 17.1. The lowest BCUT2D eigenvalue weighted by molar-refractivity contribution is 0.274. The van der Waals surface area contributed by atoms with Crippen LogP contribution in [0.1, 0.15) is 30.0 Å². The van der Waals surface area contributed by atoms with Gasteiger partial charge in [-0.1, -0.05) is 54.6 Å². The van der Waals surface area contributed by atoms with Gasteiger partial charge in [-0.2, -0.15) is 0 Å². The van der Waals surface area contributed by atoms with E-state index in [0.29, 0.717) is 18.9 Å². The van der Waals surface area contributed by atoms with Crippen molar-refractivity contribution in [3.63, 3.8) is 0 Å². The zero-order chi connectivity index (χ0) is 20.6. The number of nitrogens with one attached hydrogen (secondary N) is 2. The van der Waals surface area contributed by atoms with Crippen molar-refractivity contribution in [3.8, 4) is 11.5 Å². The Hall–Kier alpha value is -3.02. The molecule has 156 valence electrons. The highest BCUT2D eigenvalue weighted by atomic mass is 16.5. The van der Waals surface area contributed by atoms with Crippen LogP contribution in [-0.4, -0.2) is 19.3 Å². The van der Waals surface area contributed by atoms with Gasteiger partial charge in [0.05, 0.1) is 18.3 Å². The van der Waals surface area contributed by atoms with Gasteiger partial charge in [-0.15, -0.1) is 0 Å². The van der Waals surface area contributed by atoms with Gasteiger partial charge in [0, 0.05) is 6.04 Å². The van der Waals surface area contributed by atoms with Crippen LogP contribution >= 0.6 is 0 Å². The van der Waals surface area contributed by atoms with Crippen molar-refractivity contribution in [1.82, 2.24) is 10.9 Å². The fourth-order valence-corrected chi connectivity index (χ4v) is 3.68. The number of aryl methyl sites for hydroxylation is 1. The van der Waals surface area contributed by atoms with E-state index in [-0.39, 0.29) is 12.1 Å². The van der Waals surface area contributed by atoms with Gasteiger partial charge >= 0.3 is 0 Å². The van der Waals surface area contributed by atoms with Crippen LogP contribution < -0.4 is 26.1 Å². The standard InChI is InChI=1S/C25H29N3O2/c26-23-13-4-5-14-25(23)30-18-21-17-24(28-27-21)20-11-6-12-22(16-20)29-15-7-10-19-8-2-1-3-9-19/h1-6,8-9,11-14,16,21,24,27-28H,7,10,15,17-18,26H2. The molecule has 0 bridgehead atoms. The second-order valence-electron chi connectivity index (χ2n) is 7.63. The summed E-state index contributed by atoms with van der Waals surface area (Å²) < 4.78 is 11.9. The van der Waals surface area contributed by atoms with Gasteiger partial charge in [0.1, 0.15) is 18.1 Å². The largest absolute Gasteiger partial charge is 0.494 e. The normalized spacial score (nSPS) is 18.3. The van der Waals surface area contributed by atoms with Crippen molar-refractivity contribution in [1.29, 1.82) is 0 Å². The van der Waals surface area contributed by atoms with E-state index in [2.05, 4.69) is 53.3 Å². The van der Waals surface area contributed by atoms with Crippen LogP contribution in [0.2, 0.25) is 0 Å². The van der Waals surface area contributed by atoms with Gasteiger partial charge in [0.25, 0.3) is 0 Å². The molecule has 1 aliphatic rings. The SMILES string of the molecule is Nc1ccccc1OCC1CC(c2cccc(OCCCc3ccccc3)c2)NN1. The molecule has 4 rings (SSSR count). The van der Waals surface area contributed by atoms with Crippen molar-refractivity contribution in [2.24, 2.45) is 0 Å². The Morgan fingerprint density at radius 2 is 1.70 bits per heavy atom. The number of anilines is 1. The average Bonchev–Trinajstić information content (AvgIpc) is 3.26. The number of hydrogen-bond donors (Lipinski definition) is 3. The van der Waals surface area contributed by atoms with Gasteiger partial charge < -0.3 is 15.2 Å². The topological polar surface area (TPSA) is 68.5 Å². The molecule has 1 heterocycles. The molecule has 3 aromatic rings. The van der Waals surface area contributed by atoms with Crippen LogP contribution in [0.15, 0.2) is 78.9 Å². The maximum Gasteiger partial charge on any atom is 0.142 e. The molecule has 2 unspecified atom stereocenters. The van der Waals surface area contributed by atoms with Gasteiger partial charge in [-0.25, -0.2) is 5.43 Å². The minimum Gasteiger partial charge on any atom is -0.494 e. The molecule has 2 atom stereocenters. The van der Waals surface area contributed by atoms with E-state index in [1.807, 2.05) is 36.4 Å². The molecule has 0 spiro atoms. The summed E-state index contributed by atoms with van der Waals surface area (Å²) >= 11 is 0. The predicted octanol–water partition coefficient (Wildman–Crippen LogP) is 4.27. The fraction of sp³-hybridized carbons (Fsp3) is 0.280. The average molecular weight is 404 g/mol. The molecule has 4 N–H and O–H groups in total. The first-order valence-electron chi connectivity index (χ1n) is 10.5. The summed E-state index contributed by atoms with van der Waals surface area (Å²) in [7, 11) is 0. The quantitative estimate of drug-likeness (QED) is 0.368. The smallest absolute Gasteiger partial charge is 0.142 e. The minimum atomic E-state index is 0.213. The Bertz CT molecular complexity index is 932. The van der Waals surface area contributed by atoms with Crippen molar-refractivity contribution < 1.29 is 9.47 Å². The number of benzene rings is 3. The number of hydrogen-bond acceptors (Lipinski definition) is 5. The minimum absolute atomic E-state index is 0.213. The van der Waals surface area contributed by atoms with Crippen LogP contribution in [-0.2, 0) is 6.42 Å². The summed E-state index contributed by atoms with van der Waals surface area (Å²) in [5, 5.41) is 0. The molecule has 5 nitrogen and oxygen atoms in total. The molecule has 30 heavy (non-hydrogen) atoms. The third-order valence-corrected chi connectivity index (χ3v) is 5.32. The molecular formula is C25H29N3O2. The molecule has 0 amide bonds. The summed E-state index contributed by atoms with van der Waals surface area (Å²) in [5.41, 5.74) is 15.9. The Morgan fingerprint density at radius 1 is 0.867 bits per heavy atom. The Labute approximate surface area is 178 Å². The third-order valence-electron chi connectivity index (χ3n) is 5.32. The van der Waals surface area contributed by atoms with Gasteiger partial charge in [-0.3, -0.25) is 5.43 Å². The van der Waals surface area contributed by atoms with E-state index in [4.69, 9.17) is 15.2 Å². The zero-order valence-electron chi connectivity index (χ0n) is 17.1. The molecule has 0 aliphatic carbocycles.